The quantitative estimate of drug-likeness (QED) is 0.630. The molecule has 0 aliphatic rings. The predicted molar refractivity (Wildman–Crippen MR) is 85.9 cm³/mol. The van der Waals surface area contributed by atoms with Gasteiger partial charge in [0.1, 0.15) is 0 Å². The summed E-state index contributed by atoms with van der Waals surface area (Å²) >= 11 is 0. The van der Waals surface area contributed by atoms with E-state index in [0.717, 1.165) is 32.4 Å². The second-order valence-corrected chi connectivity index (χ2v) is 9.42. The van der Waals surface area contributed by atoms with Crippen molar-refractivity contribution in [1.29, 1.82) is 0 Å². The lowest BCUT2D eigenvalue weighted by Crippen LogP contribution is -2.38. The van der Waals surface area contributed by atoms with Crippen molar-refractivity contribution >= 4 is 9.84 Å². The van der Waals surface area contributed by atoms with E-state index in [2.05, 4.69) is 19.2 Å². The summed E-state index contributed by atoms with van der Waals surface area (Å²) in [5.74, 6) is 0.268. The molecule has 0 aliphatic carbocycles. The fourth-order valence-corrected chi connectivity index (χ4v) is 3.44. The highest BCUT2D eigenvalue weighted by molar-refractivity contribution is 7.92. The van der Waals surface area contributed by atoms with E-state index in [0.29, 0.717) is 6.61 Å². The lowest BCUT2D eigenvalue weighted by atomic mass is 9.80. The van der Waals surface area contributed by atoms with Crippen molar-refractivity contribution in [1.82, 2.24) is 5.32 Å². The van der Waals surface area contributed by atoms with E-state index in [1.165, 1.54) is 0 Å². The Kier molecular flexibility index (Phi) is 8.29. The highest BCUT2D eigenvalue weighted by Gasteiger charge is 2.33. The van der Waals surface area contributed by atoms with Gasteiger partial charge in [-0.3, -0.25) is 0 Å². The van der Waals surface area contributed by atoms with E-state index >= 15 is 0 Å². The number of nitrogens with one attached hydrogen (secondary N) is 1. The largest absolute Gasteiger partial charge is 0.383 e. The number of ether oxygens (including phenoxy) is 1. The van der Waals surface area contributed by atoms with Gasteiger partial charge in [-0.2, -0.15) is 0 Å². The highest BCUT2D eigenvalue weighted by atomic mass is 32.2. The third-order valence-electron chi connectivity index (χ3n) is 4.32. The van der Waals surface area contributed by atoms with Crippen LogP contribution in [0.5, 0.6) is 0 Å². The molecule has 0 amide bonds. The molecule has 0 saturated heterocycles. The van der Waals surface area contributed by atoms with Crippen LogP contribution in [0.1, 0.15) is 53.9 Å². The van der Waals surface area contributed by atoms with Gasteiger partial charge < -0.3 is 10.1 Å². The first kappa shape index (κ1) is 19.9. The van der Waals surface area contributed by atoms with Crippen molar-refractivity contribution in [3.05, 3.63) is 0 Å². The summed E-state index contributed by atoms with van der Waals surface area (Å²) in [4.78, 5) is 0. The molecule has 0 unspecified atom stereocenters. The maximum absolute atomic E-state index is 12.3. The van der Waals surface area contributed by atoms with Gasteiger partial charge in [0, 0.05) is 20.2 Å². The highest BCUT2D eigenvalue weighted by Crippen LogP contribution is 2.32. The van der Waals surface area contributed by atoms with Gasteiger partial charge in [-0.05, 0) is 45.4 Å². The summed E-state index contributed by atoms with van der Waals surface area (Å²) in [7, 11) is -1.35. The molecule has 20 heavy (non-hydrogen) atoms. The Morgan fingerprint density at radius 2 is 1.65 bits per heavy atom. The molecule has 0 fully saturated rings. The van der Waals surface area contributed by atoms with Gasteiger partial charge in [0.15, 0.2) is 9.84 Å². The van der Waals surface area contributed by atoms with Crippen LogP contribution in [0.25, 0.3) is 0 Å². The Balaban J connectivity index is 4.61. The number of hydrogen-bond acceptors (Lipinski definition) is 4. The summed E-state index contributed by atoms with van der Waals surface area (Å²) in [5.41, 5.74) is 0.0616. The van der Waals surface area contributed by atoms with Crippen LogP contribution in [-0.2, 0) is 14.6 Å². The number of sulfone groups is 1. The SMILES string of the molecule is CCC(CC)(CCS(=O)(=O)C(C)(C)C)CNCCOC. The van der Waals surface area contributed by atoms with Crippen molar-refractivity contribution in [2.24, 2.45) is 5.41 Å². The zero-order chi connectivity index (χ0) is 15.9. The molecule has 0 aromatic heterocycles. The fourth-order valence-electron chi connectivity index (χ4n) is 2.13. The van der Waals surface area contributed by atoms with E-state index < -0.39 is 14.6 Å². The van der Waals surface area contributed by atoms with Gasteiger partial charge in [0.05, 0.1) is 17.1 Å². The van der Waals surface area contributed by atoms with Gasteiger partial charge >= 0.3 is 0 Å². The summed E-state index contributed by atoms with van der Waals surface area (Å²) in [6.07, 6.45) is 2.70. The molecular formula is C15H33NO3S. The maximum atomic E-state index is 12.3. The fraction of sp³-hybridized carbons (Fsp3) is 1.00. The predicted octanol–water partition coefficient (Wildman–Crippen LogP) is 2.63. The Morgan fingerprint density at radius 1 is 1.10 bits per heavy atom. The van der Waals surface area contributed by atoms with E-state index in [1.807, 2.05) is 0 Å². The van der Waals surface area contributed by atoms with Gasteiger partial charge in [-0.25, -0.2) is 8.42 Å². The van der Waals surface area contributed by atoms with Gasteiger partial charge in [-0.1, -0.05) is 13.8 Å². The molecule has 0 aromatic rings. The van der Waals surface area contributed by atoms with Crippen molar-refractivity contribution in [3.63, 3.8) is 0 Å². The van der Waals surface area contributed by atoms with Gasteiger partial charge in [0.2, 0.25) is 0 Å². The molecule has 0 saturated carbocycles. The van der Waals surface area contributed by atoms with Crippen LogP contribution >= 0.6 is 0 Å². The monoisotopic (exact) mass is 307 g/mol. The molecule has 0 rings (SSSR count). The topological polar surface area (TPSA) is 55.4 Å². The lowest BCUT2D eigenvalue weighted by molar-refractivity contribution is 0.184. The van der Waals surface area contributed by atoms with E-state index in [9.17, 15) is 8.42 Å². The van der Waals surface area contributed by atoms with E-state index in [1.54, 1.807) is 27.9 Å². The summed E-state index contributed by atoms with van der Waals surface area (Å²) < 4.78 is 28.9. The first-order chi connectivity index (χ1) is 9.14. The summed E-state index contributed by atoms with van der Waals surface area (Å²) in [5, 5.41) is 3.38. The zero-order valence-corrected chi connectivity index (χ0v) is 14.9. The Labute approximate surface area is 125 Å². The van der Waals surface area contributed by atoms with Crippen molar-refractivity contribution in [2.45, 2.75) is 58.6 Å². The third kappa shape index (κ3) is 6.10. The van der Waals surface area contributed by atoms with Crippen molar-refractivity contribution in [3.8, 4) is 0 Å². The third-order valence-corrected chi connectivity index (χ3v) is 6.92. The van der Waals surface area contributed by atoms with Crippen LogP contribution in [0.15, 0.2) is 0 Å². The van der Waals surface area contributed by atoms with Crippen LogP contribution < -0.4 is 5.32 Å². The molecule has 4 nitrogen and oxygen atoms in total. The van der Waals surface area contributed by atoms with Crippen LogP contribution in [0, 0.1) is 5.41 Å². The van der Waals surface area contributed by atoms with Crippen LogP contribution in [0.2, 0.25) is 0 Å². The van der Waals surface area contributed by atoms with E-state index in [4.69, 9.17) is 4.74 Å². The molecule has 5 heteroatoms. The molecule has 1 N–H and O–H groups in total. The number of methoxy groups -OCH3 is 1. The normalized spacial score (nSPS) is 13.7. The standard InChI is InChI=1S/C15H33NO3S/c1-7-15(8-2,13-16-10-11-19-6)9-12-20(17,18)14(3,4)5/h16H,7-13H2,1-6H3. The number of hydrogen-bond donors (Lipinski definition) is 1. The molecular weight excluding hydrogens is 274 g/mol. The van der Waals surface area contributed by atoms with Crippen molar-refractivity contribution < 1.29 is 13.2 Å². The zero-order valence-electron chi connectivity index (χ0n) is 14.1. The molecule has 122 valence electrons. The van der Waals surface area contributed by atoms with Gasteiger partial charge in [0.25, 0.3) is 0 Å². The molecule has 0 aliphatic heterocycles. The molecule has 0 radical (unpaired) electrons. The Hall–Kier alpha value is -0.130. The minimum absolute atomic E-state index is 0.0616. The molecule has 0 atom stereocenters. The average Bonchev–Trinajstić information content (AvgIpc) is 2.37. The van der Waals surface area contributed by atoms with Crippen LogP contribution in [-0.4, -0.2) is 45.7 Å². The summed E-state index contributed by atoms with van der Waals surface area (Å²) in [6, 6.07) is 0. The first-order valence-corrected chi connectivity index (χ1v) is 9.21. The maximum Gasteiger partial charge on any atom is 0.155 e. The minimum atomic E-state index is -3.04. The first-order valence-electron chi connectivity index (χ1n) is 7.56. The summed E-state index contributed by atoms with van der Waals surface area (Å²) in [6.45, 7) is 12.0. The lowest BCUT2D eigenvalue weighted by Gasteiger charge is -2.33. The molecule has 0 heterocycles. The smallest absolute Gasteiger partial charge is 0.155 e. The Bertz CT molecular complexity index is 354. The van der Waals surface area contributed by atoms with Crippen molar-refractivity contribution in [2.75, 3.05) is 32.6 Å². The molecule has 0 spiro atoms. The number of rotatable bonds is 10. The van der Waals surface area contributed by atoms with Crippen LogP contribution in [0.3, 0.4) is 0 Å². The van der Waals surface area contributed by atoms with Crippen LogP contribution in [0.4, 0.5) is 0 Å². The van der Waals surface area contributed by atoms with E-state index in [-0.39, 0.29) is 11.2 Å². The second-order valence-electron chi connectivity index (χ2n) is 6.56. The minimum Gasteiger partial charge on any atom is -0.383 e. The average molecular weight is 308 g/mol. The Morgan fingerprint density at radius 3 is 2.05 bits per heavy atom. The molecule has 0 bridgehead atoms. The molecule has 0 aromatic carbocycles. The van der Waals surface area contributed by atoms with Gasteiger partial charge in [-0.15, -0.1) is 0 Å². The second kappa shape index (κ2) is 8.35.